The summed E-state index contributed by atoms with van der Waals surface area (Å²) < 4.78 is 5.89. The highest BCUT2D eigenvalue weighted by Gasteiger charge is 2.11. The van der Waals surface area contributed by atoms with Gasteiger partial charge in [0.1, 0.15) is 12.4 Å². The smallest absolute Gasteiger partial charge is 0.295 e. The topological polar surface area (TPSA) is 87.0 Å². The van der Waals surface area contributed by atoms with E-state index in [9.17, 15) is 9.90 Å². The fraction of sp³-hybridized carbons (Fsp3) is 0.0385. The SMILES string of the molecule is O=C(N=Nc1c(O)[nH]c2ccccc12)c1ccc(COc2ccc3ccccc3c2)cc1. The van der Waals surface area contributed by atoms with E-state index in [4.69, 9.17) is 4.74 Å². The Balaban J connectivity index is 1.26. The zero-order chi connectivity index (χ0) is 21.9. The van der Waals surface area contributed by atoms with E-state index < -0.39 is 5.91 Å². The van der Waals surface area contributed by atoms with Gasteiger partial charge < -0.3 is 14.8 Å². The van der Waals surface area contributed by atoms with Gasteiger partial charge in [0.15, 0.2) is 5.69 Å². The van der Waals surface area contributed by atoms with E-state index in [-0.39, 0.29) is 11.6 Å². The van der Waals surface area contributed by atoms with Gasteiger partial charge in [-0.2, -0.15) is 0 Å². The summed E-state index contributed by atoms with van der Waals surface area (Å²) in [5.41, 5.74) is 2.31. The second-order valence-electron chi connectivity index (χ2n) is 7.37. The Morgan fingerprint density at radius 3 is 2.47 bits per heavy atom. The number of azo groups is 1. The van der Waals surface area contributed by atoms with Crippen molar-refractivity contribution >= 4 is 33.3 Å². The van der Waals surface area contributed by atoms with Crippen molar-refractivity contribution in [2.75, 3.05) is 0 Å². The van der Waals surface area contributed by atoms with Crippen LogP contribution in [-0.2, 0) is 6.61 Å². The molecule has 0 aliphatic carbocycles. The molecule has 0 bridgehead atoms. The molecule has 1 aromatic heterocycles. The number of aromatic hydroxyl groups is 1. The Morgan fingerprint density at radius 1 is 0.875 bits per heavy atom. The van der Waals surface area contributed by atoms with Crippen molar-refractivity contribution in [1.82, 2.24) is 4.98 Å². The van der Waals surface area contributed by atoms with Crippen molar-refractivity contribution in [3.05, 3.63) is 102 Å². The molecule has 1 heterocycles. The molecule has 6 nitrogen and oxygen atoms in total. The minimum Gasteiger partial charge on any atom is -0.493 e. The average Bonchev–Trinajstić information content (AvgIpc) is 3.16. The number of ether oxygens (including phenoxy) is 1. The third-order valence-electron chi connectivity index (χ3n) is 5.23. The fourth-order valence-corrected chi connectivity index (χ4v) is 3.53. The molecule has 5 rings (SSSR count). The van der Waals surface area contributed by atoms with E-state index >= 15 is 0 Å². The van der Waals surface area contributed by atoms with Crippen LogP contribution in [0.4, 0.5) is 5.69 Å². The van der Waals surface area contributed by atoms with Crippen LogP contribution in [0.5, 0.6) is 11.6 Å². The zero-order valence-electron chi connectivity index (χ0n) is 17.0. The molecule has 2 N–H and O–H groups in total. The predicted molar refractivity (Wildman–Crippen MR) is 124 cm³/mol. The number of amides is 1. The van der Waals surface area contributed by atoms with E-state index in [0.717, 1.165) is 27.6 Å². The van der Waals surface area contributed by atoms with Crippen molar-refractivity contribution in [2.24, 2.45) is 10.2 Å². The van der Waals surface area contributed by atoms with E-state index in [2.05, 4.69) is 21.3 Å². The van der Waals surface area contributed by atoms with Crippen LogP contribution in [0.1, 0.15) is 15.9 Å². The second kappa shape index (κ2) is 8.35. The maximum absolute atomic E-state index is 12.4. The first kappa shape index (κ1) is 19.5. The van der Waals surface area contributed by atoms with Crippen molar-refractivity contribution in [3.63, 3.8) is 0 Å². The fourth-order valence-electron chi connectivity index (χ4n) is 3.53. The molecule has 1 amide bonds. The van der Waals surface area contributed by atoms with Gasteiger partial charge in [0.05, 0.1) is 5.52 Å². The molecule has 0 aliphatic heterocycles. The Bertz CT molecular complexity index is 1450. The van der Waals surface area contributed by atoms with Gasteiger partial charge in [0, 0.05) is 10.9 Å². The highest BCUT2D eigenvalue weighted by atomic mass is 16.5. The standard InChI is InChI=1S/C26H19N3O3/c30-25(29-28-24-22-7-3-4-8-23(22)27-26(24)31)19-11-9-17(10-12-19)16-32-21-14-13-18-5-1-2-6-20(18)15-21/h1-15,27,31H,16H2. The lowest BCUT2D eigenvalue weighted by Crippen LogP contribution is -1.98. The summed E-state index contributed by atoms with van der Waals surface area (Å²) in [6.45, 7) is 0.386. The summed E-state index contributed by atoms with van der Waals surface area (Å²) >= 11 is 0. The van der Waals surface area contributed by atoms with Crippen LogP contribution in [0.15, 0.2) is 101 Å². The number of carbonyl (C=O) groups excluding carboxylic acids is 1. The molecule has 0 aliphatic rings. The van der Waals surface area contributed by atoms with Crippen LogP contribution in [0.2, 0.25) is 0 Å². The number of para-hydroxylation sites is 1. The molecule has 5 aromatic rings. The first-order valence-electron chi connectivity index (χ1n) is 10.1. The third kappa shape index (κ3) is 3.94. The van der Waals surface area contributed by atoms with E-state index in [1.165, 1.54) is 0 Å². The lowest BCUT2D eigenvalue weighted by Gasteiger charge is -2.08. The minimum absolute atomic E-state index is 0.121. The molecule has 0 saturated heterocycles. The molecular weight excluding hydrogens is 402 g/mol. The van der Waals surface area contributed by atoms with Gasteiger partial charge in [0.2, 0.25) is 5.88 Å². The summed E-state index contributed by atoms with van der Waals surface area (Å²) in [6, 6.07) is 28.4. The first-order chi connectivity index (χ1) is 15.7. The van der Waals surface area contributed by atoms with Crippen molar-refractivity contribution in [3.8, 4) is 11.6 Å². The lowest BCUT2D eigenvalue weighted by molar-refractivity contribution is 0.0995. The number of H-pyrrole nitrogens is 1. The van der Waals surface area contributed by atoms with Crippen LogP contribution in [0.25, 0.3) is 21.7 Å². The molecule has 0 unspecified atom stereocenters. The highest BCUT2D eigenvalue weighted by molar-refractivity contribution is 5.97. The van der Waals surface area contributed by atoms with Crippen molar-refractivity contribution < 1.29 is 14.6 Å². The van der Waals surface area contributed by atoms with Crippen LogP contribution in [0, 0.1) is 0 Å². The van der Waals surface area contributed by atoms with Gasteiger partial charge in [-0.15, -0.1) is 10.2 Å². The molecule has 32 heavy (non-hydrogen) atoms. The number of aromatic amines is 1. The maximum atomic E-state index is 12.4. The van der Waals surface area contributed by atoms with E-state index in [1.54, 1.807) is 18.2 Å². The van der Waals surface area contributed by atoms with E-state index in [1.807, 2.05) is 66.7 Å². The Kier molecular flexibility index (Phi) is 5.09. The Morgan fingerprint density at radius 2 is 1.62 bits per heavy atom. The Labute approximate surface area is 183 Å². The van der Waals surface area contributed by atoms with Gasteiger partial charge in [-0.05, 0) is 46.7 Å². The lowest BCUT2D eigenvalue weighted by atomic mass is 10.1. The molecule has 0 atom stereocenters. The molecule has 0 fully saturated rings. The number of carbonyl (C=O) groups is 1. The molecule has 4 aromatic carbocycles. The average molecular weight is 421 g/mol. The summed E-state index contributed by atoms with van der Waals surface area (Å²) in [5, 5.41) is 20.8. The Hall–Kier alpha value is -4.45. The molecule has 0 saturated carbocycles. The van der Waals surface area contributed by atoms with Crippen LogP contribution >= 0.6 is 0 Å². The quantitative estimate of drug-likeness (QED) is 0.316. The van der Waals surface area contributed by atoms with Gasteiger partial charge >= 0.3 is 0 Å². The van der Waals surface area contributed by atoms with Gasteiger partial charge in [-0.3, -0.25) is 4.79 Å². The van der Waals surface area contributed by atoms with Gasteiger partial charge in [-0.25, -0.2) is 0 Å². The summed E-state index contributed by atoms with van der Waals surface area (Å²) in [5.74, 6) is 0.178. The van der Waals surface area contributed by atoms with Crippen molar-refractivity contribution in [1.29, 1.82) is 0 Å². The van der Waals surface area contributed by atoms with Crippen LogP contribution in [-0.4, -0.2) is 16.0 Å². The van der Waals surface area contributed by atoms with E-state index in [0.29, 0.717) is 17.6 Å². The number of rotatable bonds is 5. The summed E-state index contributed by atoms with van der Waals surface area (Å²) in [4.78, 5) is 15.2. The van der Waals surface area contributed by atoms with Gasteiger partial charge in [0.25, 0.3) is 5.91 Å². The first-order valence-corrected chi connectivity index (χ1v) is 10.1. The number of nitrogens with one attached hydrogen (secondary N) is 1. The summed E-state index contributed by atoms with van der Waals surface area (Å²) in [6.07, 6.45) is 0. The zero-order valence-corrected chi connectivity index (χ0v) is 17.0. The maximum Gasteiger partial charge on any atom is 0.295 e. The molecule has 6 heteroatoms. The van der Waals surface area contributed by atoms with Crippen LogP contribution in [0.3, 0.4) is 0 Å². The highest BCUT2D eigenvalue weighted by Crippen LogP contribution is 2.35. The molecule has 0 radical (unpaired) electrons. The number of hydrogen-bond donors (Lipinski definition) is 2. The molecule has 0 spiro atoms. The number of fused-ring (bicyclic) bond motifs is 2. The van der Waals surface area contributed by atoms with Gasteiger partial charge in [-0.1, -0.05) is 60.7 Å². The minimum atomic E-state index is -0.489. The number of benzene rings is 4. The summed E-state index contributed by atoms with van der Waals surface area (Å²) in [7, 11) is 0. The number of nitrogens with zero attached hydrogens (tertiary/aromatic N) is 2. The molecular formula is C26H19N3O3. The number of aromatic nitrogens is 1. The molecule has 156 valence electrons. The normalized spacial score (nSPS) is 11.4. The monoisotopic (exact) mass is 421 g/mol. The van der Waals surface area contributed by atoms with Crippen molar-refractivity contribution in [2.45, 2.75) is 6.61 Å². The third-order valence-corrected chi connectivity index (χ3v) is 5.23. The second-order valence-corrected chi connectivity index (χ2v) is 7.37. The number of hydrogen-bond acceptors (Lipinski definition) is 4. The predicted octanol–water partition coefficient (Wildman–Crippen LogP) is 6.53. The largest absolute Gasteiger partial charge is 0.493 e. The van der Waals surface area contributed by atoms with Crippen LogP contribution < -0.4 is 4.74 Å².